The number of rotatable bonds is 2. The van der Waals surface area contributed by atoms with Gasteiger partial charge in [0.1, 0.15) is 0 Å². The molecule has 1 aliphatic rings. The van der Waals surface area contributed by atoms with E-state index in [0.717, 1.165) is 10.7 Å². The molecule has 94 valence electrons. The van der Waals surface area contributed by atoms with Gasteiger partial charge in [0, 0.05) is 4.83 Å². The van der Waals surface area contributed by atoms with E-state index >= 15 is 0 Å². The lowest BCUT2D eigenvalue weighted by atomic mass is 9.88. The van der Waals surface area contributed by atoms with E-state index in [9.17, 15) is 0 Å². The Balaban J connectivity index is 2.09. The molecule has 2 atom stereocenters. The van der Waals surface area contributed by atoms with E-state index < -0.39 is 0 Å². The number of hydrogen-bond donors (Lipinski definition) is 0. The smallest absolute Gasteiger partial charge is 0.0148 e. The van der Waals surface area contributed by atoms with E-state index in [-0.39, 0.29) is 0 Å². The van der Waals surface area contributed by atoms with E-state index in [0.29, 0.717) is 0 Å². The molecule has 0 heterocycles. The van der Waals surface area contributed by atoms with Crippen molar-refractivity contribution in [1.82, 2.24) is 0 Å². The van der Waals surface area contributed by atoms with Crippen LogP contribution in [0.25, 0.3) is 0 Å². The first-order valence-electron chi connectivity index (χ1n) is 6.86. The Morgan fingerprint density at radius 2 is 1.76 bits per heavy atom. The van der Waals surface area contributed by atoms with E-state index in [2.05, 4.69) is 48.0 Å². The Bertz CT molecular complexity index is 350. The third-order valence-electron chi connectivity index (χ3n) is 4.11. The Morgan fingerprint density at radius 1 is 1.12 bits per heavy atom. The molecule has 17 heavy (non-hydrogen) atoms. The lowest BCUT2D eigenvalue weighted by Gasteiger charge is -2.19. The third kappa shape index (κ3) is 3.58. The Labute approximate surface area is 114 Å². The van der Waals surface area contributed by atoms with Crippen LogP contribution in [0.15, 0.2) is 18.2 Å². The fraction of sp³-hybridized carbons (Fsp3) is 0.625. The van der Waals surface area contributed by atoms with Gasteiger partial charge in [-0.1, -0.05) is 53.4 Å². The molecular formula is C16H23Br. The van der Waals surface area contributed by atoms with Crippen LogP contribution in [0.5, 0.6) is 0 Å². The lowest BCUT2D eigenvalue weighted by Crippen LogP contribution is -2.10. The predicted molar refractivity (Wildman–Crippen MR) is 78.9 cm³/mol. The van der Waals surface area contributed by atoms with Crippen molar-refractivity contribution in [2.75, 3.05) is 0 Å². The molecule has 1 aromatic carbocycles. The molecule has 0 aliphatic heterocycles. The van der Waals surface area contributed by atoms with Crippen molar-refractivity contribution in [3.05, 3.63) is 34.9 Å². The largest absolute Gasteiger partial charge is 0.0891 e. The highest BCUT2D eigenvalue weighted by Crippen LogP contribution is 2.31. The summed E-state index contributed by atoms with van der Waals surface area (Å²) in [5.41, 5.74) is 4.54. The summed E-state index contributed by atoms with van der Waals surface area (Å²) in [5, 5.41) is 0. The molecule has 1 heteroatoms. The van der Waals surface area contributed by atoms with Crippen molar-refractivity contribution in [3.8, 4) is 0 Å². The molecule has 0 N–H and O–H groups in total. The standard InChI is InChI=1S/C16H23Br/c1-12-6-5-7-13(2)16(12)11-14-8-3-4-9-15(17)10-14/h5-7,14-15H,3-4,8-11H2,1-2H3. The molecule has 1 aliphatic carbocycles. The van der Waals surface area contributed by atoms with Gasteiger partial charge in [-0.05, 0) is 55.7 Å². The van der Waals surface area contributed by atoms with Crippen LogP contribution >= 0.6 is 15.9 Å². The molecule has 0 bridgehead atoms. The molecule has 2 unspecified atom stereocenters. The average molecular weight is 295 g/mol. The molecule has 0 saturated heterocycles. The van der Waals surface area contributed by atoms with Gasteiger partial charge in [0.15, 0.2) is 0 Å². The van der Waals surface area contributed by atoms with E-state index in [1.807, 2.05) is 0 Å². The van der Waals surface area contributed by atoms with Crippen LogP contribution in [-0.4, -0.2) is 4.83 Å². The summed E-state index contributed by atoms with van der Waals surface area (Å²) in [7, 11) is 0. The minimum absolute atomic E-state index is 0.749. The SMILES string of the molecule is Cc1cccc(C)c1CC1CCCCC(Br)C1. The van der Waals surface area contributed by atoms with Crippen LogP contribution < -0.4 is 0 Å². The Morgan fingerprint density at radius 3 is 2.47 bits per heavy atom. The van der Waals surface area contributed by atoms with Crippen molar-refractivity contribution in [2.24, 2.45) is 5.92 Å². The van der Waals surface area contributed by atoms with Crippen molar-refractivity contribution >= 4 is 15.9 Å². The average Bonchev–Trinajstić information content (AvgIpc) is 2.48. The molecule has 2 rings (SSSR count). The molecule has 1 aromatic rings. The molecule has 0 radical (unpaired) electrons. The first-order chi connectivity index (χ1) is 8.16. The van der Waals surface area contributed by atoms with Gasteiger partial charge in [-0.15, -0.1) is 0 Å². The number of halogens is 1. The summed E-state index contributed by atoms with van der Waals surface area (Å²) in [5.74, 6) is 0.877. The maximum absolute atomic E-state index is 3.83. The second kappa shape index (κ2) is 6.04. The van der Waals surface area contributed by atoms with Gasteiger partial charge in [-0.25, -0.2) is 0 Å². The zero-order valence-corrected chi connectivity index (χ0v) is 12.6. The minimum atomic E-state index is 0.749. The predicted octanol–water partition coefficient (Wildman–Crippen LogP) is 5.19. The van der Waals surface area contributed by atoms with Crippen LogP contribution in [-0.2, 0) is 6.42 Å². The zero-order chi connectivity index (χ0) is 12.3. The highest BCUT2D eigenvalue weighted by atomic mass is 79.9. The number of benzene rings is 1. The minimum Gasteiger partial charge on any atom is -0.0891 e. The highest BCUT2D eigenvalue weighted by molar-refractivity contribution is 9.09. The van der Waals surface area contributed by atoms with Crippen molar-refractivity contribution < 1.29 is 0 Å². The molecule has 0 aromatic heterocycles. The molecular weight excluding hydrogens is 272 g/mol. The number of alkyl halides is 1. The van der Waals surface area contributed by atoms with Crippen LogP contribution in [0.1, 0.15) is 48.8 Å². The van der Waals surface area contributed by atoms with Crippen molar-refractivity contribution in [2.45, 2.75) is 57.2 Å². The molecule has 1 fully saturated rings. The summed E-state index contributed by atoms with van der Waals surface area (Å²) < 4.78 is 0. The van der Waals surface area contributed by atoms with E-state index in [1.54, 1.807) is 5.56 Å². The Hall–Kier alpha value is -0.300. The molecule has 0 amide bonds. The maximum atomic E-state index is 3.83. The monoisotopic (exact) mass is 294 g/mol. The van der Waals surface area contributed by atoms with Crippen LogP contribution in [0, 0.1) is 19.8 Å². The quantitative estimate of drug-likeness (QED) is 0.520. The van der Waals surface area contributed by atoms with Crippen LogP contribution in [0.4, 0.5) is 0 Å². The molecule has 0 nitrogen and oxygen atoms in total. The summed E-state index contributed by atoms with van der Waals surface area (Å²) in [6.07, 6.45) is 8.23. The van der Waals surface area contributed by atoms with Gasteiger partial charge in [0.2, 0.25) is 0 Å². The zero-order valence-electron chi connectivity index (χ0n) is 11.0. The van der Waals surface area contributed by atoms with Gasteiger partial charge >= 0.3 is 0 Å². The maximum Gasteiger partial charge on any atom is 0.0148 e. The summed E-state index contributed by atoms with van der Waals surface area (Å²) in [4.78, 5) is 0.749. The first kappa shape index (κ1) is 13.1. The van der Waals surface area contributed by atoms with Gasteiger partial charge in [0.25, 0.3) is 0 Å². The highest BCUT2D eigenvalue weighted by Gasteiger charge is 2.19. The van der Waals surface area contributed by atoms with Gasteiger partial charge in [0.05, 0.1) is 0 Å². The number of hydrogen-bond acceptors (Lipinski definition) is 0. The summed E-state index contributed by atoms with van der Waals surface area (Å²) >= 11 is 3.83. The second-order valence-corrected chi connectivity index (χ2v) is 6.85. The normalized spacial score (nSPS) is 25.6. The molecule has 1 saturated carbocycles. The first-order valence-corrected chi connectivity index (χ1v) is 7.77. The Kier molecular flexibility index (Phi) is 4.67. The molecule has 0 spiro atoms. The van der Waals surface area contributed by atoms with Crippen LogP contribution in [0.2, 0.25) is 0 Å². The van der Waals surface area contributed by atoms with Crippen molar-refractivity contribution in [1.29, 1.82) is 0 Å². The van der Waals surface area contributed by atoms with Crippen molar-refractivity contribution in [3.63, 3.8) is 0 Å². The van der Waals surface area contributed by atoms with Gasteiger partial charge in [-0.2, -0.15) is 0 Å². The third-order valence-corrected chi connectivity index (χ3v) is 4.94. The fourth-order valence-electron chi connectivity index (χ4n) is 3.04. The summed E-state index contributed by atoms with van der Waals surface area (Å²) in [6.45, 7) is 4.51. The topological polar surface area (TPSA) is 0 Å². The van der Waals surface area contributed by atoms with Crippen LogP contribution in [0.3, 0.4) is 0 Å². The lowest BCUT2D eigenvalue weighted by molar-refractivity contribution is 0.462. The van der Waals surface area contributed by atoms with E-state index in [4.69, 9.17) is 0 Å². The summed E-state index contributed by atoms with van der Waals surface area (Å²) in [6, 6.07) is 6.68. The second-order valence-electron chi connectivity index (χ2n) is 5.56. The van der Waals surface area contributed by atoms with E-state index in [1.165, 1.54) is 49.7 Å². The fourth-order valence-corrected chi connectivity index (χ4v) is 3.89. The van der Waals surface area contributed by atoms with Gasteiger partial charge < -0.3 is 0 Å². The van der Waals surface area contributed by atoms with Gasteiger partial charge in [-0.3, -0.25) is 0 Å². The number of aryl methyl sites for hydroxylation is 2.